The normalized spacial score (nSPS) is 17.5. The Morgan fingerprint density at radius 1 is 1.32 bits per heavy atom. The highest BCUT2D eigenvalue weighted by molar-refractivity contribution is 8.00. The lowest BCUT2D eigenvalue weighted by Gasteiger charge is -2.39. The minimum absolute atomic E-state index is 0.0170. The van der Waals surface area contributed by atoms with Gasteiger partial charge in [0.1, 0.15) is 0 Å². The fourth-order valence-electron chi connectivity index (χ4n) is 2.70. The Labute approximate surface area is 155 Å². The summed E-state index contributed by atoms with van der Waals surface area (Å²) in [6.07, 6.45) is 0. The third-order valence-electron chi connectivity index (χ3n) is 4.13. The van der Waals surface area contributed by atoms with Crippen molar-refractivity contribution in [1.82, 2.24) is 10.2 Å². The largest absolute Gasteiger partial charge is 0.352 e. The van der Waals surface area contributed by atoms with Gasteiger partial charge >= 0.3 is 0 Å². The maximum Gasteiger partial charge on any atom is 0.226 e. The number of carbonyl (C=O) groups excluding carboxylic acids is 1. The molecule has 0 aromatic heterocycles. The van der Waals surface area contributed by atoms with Gasteiger partial charge in [-0.3, -0.25) is 9.79 Å². The van der Waals surface area contributed by atoms with E-state index in [0.29, 0.717) is 0 Å². The maximum absolute atomic E-state index is 11.7. The van der Waals surface area contributed by atoms with Gasteiger partial charge in [-0.15, -0.1) is 0 Å². The lowest BCUT2D eigenvalue weighted by Crippen LogP contribution is -2.50. The average Bonchev–Trinajstić information content (AvgIpc) is 2.56. The highest BCUT2D eigenvalue weighted by Gasteiger charge is 2.28. The standard InChI is InChI=1S/C19H30N4OS/c1-14(2)17(24)22-16-8-6-15(7-9-16)12-21-18(20-5)23-10-11-25-19(3,4)13-23/h6-9,14H,10-13H2,1-5H3,(H,20,21)(H,22,24). The van der Waals surface area contributed by atoms with Crippen LogP contribution in [0.15, 0.2) is 29.3 Å². The molecule has 0 spiro atoms. The van der Waals surface area contributed by atoms with Crippen molar-refractivity contribution in [3.05, 3.63) is 29.8 Å². The number of carbonyl (C=O) groups is 1. The van der Waals surface area contributed by atoms with Crippen LogP contribution in [0.4, 0.5) is 5.69 Å². The predicted molar refractivity (Wildman–Crippen MR) is 108 cm³/mol. The minimum Gasteiger partial charge on any atom is -0.352 e. The van der Waals surface area contributed by atoms with Gasteiger partial charge in [-0.2, -0.15) is 11.8 Å². The van der Waals surface area contributed by atoms with E-state index in [0.717, 1.165) is 42.6 Å². The number of aliphatic imine (C=N–C) groups is 1. The quantitative estimate of drug-likeness (QED) is 0.638. The summed E-state index contributed by atoms with van der Waals surface area (Å²) in [4.78, 5) is 18.5. The van der Waals surface area contributed by atoms with E-state index in [-0.39, 0.29) is 16.6 Å². The van der Waals surface area contributed by atoms with Crippen LogP contribution >= 0.6 is 11.8 Å². The van der Waals surface area contributed by atoms with Gasteiger partial charge < -0.3 is 15.5 Å². The van der Waals surface area contributed by atoms with Crippen LogP contribution in [0.25, 0.3) is 0 Å². The van der Waals surface area contributed by atoms with Gasteiger partial charge in [-0.1, -0.05) is 26.0 Å². The molecule has 0 saturated carbocycles. The zero-order valence-corrected chi connectivity index (χ0v) is 16.7. The number of nitrogens with zero attached hydrogens (tertiary/aromatic N) is 2. The Bertz CT molecular complexity index is 610. The Hall–Kier alpha value is -1.69. The molecule has 1 fully saturated rings. The van der Waals surface area contributed by atoms with E-state index in [9.17, 15) is 4.79 Å². The van der Waals surface area contributed by atoms with Crippen molar-refractivity contribution >= 4 is 29.3 Å². The molecule has 138 valence electrons. The fraction of sp³-hybridized carbons (Fsp3) is 0.579. The first-order valence-electron chi connectivity index (χ1n) is 8.80. The second kappa shape index (κ2) is 8.61. The summed E-state index contributed by atoms with van der Waals surface area (Å²) in [5.74, 6) is 2.09. The molecule has 1 aliphatic heterocycles. The molecule has 25 heavy (non-hydrogen) atoms. The third-order valence-corrected chi connectivity index (χ3v) is 5.43. The monoisotopic (exact) mass is 362 g/mol. The molecule has 0 bridgehead atoms. The van der Waals surface area contributed by atoms with Gasteiger partial charge in [-0.05, 0) is 31.5 Å². The number of anilines is 1. The highest BCUT2D eigenvalue weighted by atomic mass is 32.2. The van der Waals surface area contributed by atoms with Crippen molar-refractivity contribution in [2.45, 2.75) is 39.0 Å². The van der Waals surface area contributed by atoms with E-state index in [1.54, 1.807) is 0 Å². The lowest BCUT2D eigenvalue weighted by atomic mass is 10.1. The molecule has 2 rings (SSSR count). The van der Waals surface area contributed by atoms with Crippen LogP contribution in [-0.2, 0) is 11.3 Å². The van der Waals surface area contributed by atoms with Gasteiger partial charge in [0.25, 0.3) is 0 Å². The van der Waals surface area contributed by atoms with Gasteiger partial charge in [0.2, 0.25) is 5.91 Å². The second-order valence-corrected chi connectivity index (χ2v) is 9.07. The molecule has 1 saturated heterocycles. The molecule has 0 aliphatic carbocycles. The third kappa shape index (κ3) is 5.96. The molecule has 0 radical (unpaired) electrons. The van der Waals surface area contributed by atoms with E-state index in [1.807, 2.05) is 56.9 Å². The summed E-state index contributed by atoms with van der Waals surface area (Å²) in [5.41, 5.74) is 2.00. The number of rotatable bonds is 4. The number of hydrogen-bond donors (Lipinski definition) is 2. The first-order valence-corrected chi connectivity index (χ1v) is 9.78. The molecule has 1 aromatic rings. The van der Waals surface area contributed by atoms with Gasteiger partial charge in [0.05, 0.1) is 0 Å². The lowest BCUT2D eigenvalue weighted by molar-refractivity contribution is -0.118. The molecule has 2 N–H and O–H groups in total. The van der Waals surface area contributed by atoms with Gasteiger partial charge in [-0.25, -0.2) is 0 Å². The van der Waals surface area contributed by atoms with Gasteiger partial charge in [0.15, 0.2) is 5.96 Å². The summed E-state index contributed by atoms with van der Waals surface area (Å²) in [7, 11) is 1.83. The van der Waals surface area contributed by atoms with Crippen molar-refractivity contribution in [1.29, 1.82) is 0 Å². The Kier molecular flexibility index (Phi) is 6.76. The van der Waals surface area contributed by atoms with E-state index in [1.165, 1.54) is 0 Å². The van der Waals surface area contributed by atoms with E-state index in [4.69, 9.17) is 0 Å². The summed E-state index contributed by atoms with van der Waals surface area (Å²) in [6.45, 7) is 11.1. The second-order valence-electron chi connectivity index (χ2n) is 7.27. The topological polar surface area (TPSA) is 56.7 Å². The summed E-state index contributed by atoms with van der Waals surface area (Å²) < 4.78 is 0.256. The van der Waals surface area contributed by atoms with Crippen molar-refractivity contribution in [3.8, 4) is 0 Å². The number of amides is 1. The summed E-state index contributed by atoms with van der Waals surface area (Å²) >= 11 is 2.02. The Morgan fingerprint density at radius 3 is 2.56 bits per heavy atom. The molecule has 5 nitrogen and oxygen atoms in total. The van der Waals surface area contributed by atoms with Crippen LogP contribution in [0.3, 0.4) is 0 Å². The highest BCUT2D eigenvalue weighted by Crippen LogP contribution is 2.29. The van der Waals surface area contributed by atoms with Crippen molar-refractivity contribution in [2.24, 2.45) is 10.9 Å². The van der Waals surface area contributed by atoms with Crippen LogP contribution in [0.2, 0.25) is 0 Å². The molecule has 6 heteroatoms. The SMILES string of the molecule is CN=C(NCc1ccc(NC(=O)C(C)C)cc1)N1CCSC(C)(C)C1. The van der Waals surface area contributed by atoms with Gasteiger partial charge in [0, 0.05) is 48.8 Å². The van der Waals surface area contributed by atoms with Crippen LogP contribution in [0.5, 0.6) is 0 Å². The molecular weight excluding hydrogens is 332 g/mol. The number of benzene rings is 1. The number of nitrogens with one attached hydrogen (secondary N) is 2. The first-order chi connectivity index (χ1) is 11.8. The smallest absolute Gasteiger partial charge is 0.226 e. The van der Waals surface area contributed by atoms with E-state index < -0.39 is 0 Å². The van der Waals surface area contributed by atoms with Crippen molar-refractivity contribution in [3.63, 3.8) is 0 Å². The van der Waals surface area contributed by atoms with Crippen LogP contribution in [0.1, 0.15) is 33.3 Å². The summed E-state index contributed by atoms with van der Waals surface area (Å²) in [6, 6.07) is 7.96. The molecule has 1 amide bonds. The Morgan fingerprint density at radius 2 is 2.00 bits per heavy atom. The van der Waals surface area contributed by atoms with Crippen LogP contribution in [-0.4, -0.2) is 47.4 Å². The molecule has 1 aliphatic rings. The minimum atomic E-state index is -0.0170. The molecule has 0 atom stereocenters. The summed E-state index contributed by atoms with van der Waals surface area (Å²) in [5, 5.41) is 6.36. The van der Waals surface area contributed by atoms with Crippen molar-refractivity contribution in [2.75, 3.05) is 31.2 Å². The fourth-order valence-corrected chi connectivity index (χ4v) is 3.81. The predicted octanol–water partition coefficient (Wildman–Crippen LogP) is 3.18. The number of thioether (sulfide) groups is 1. The number of hydrogen-bond acceptors (Lipinski definition) is 3. The van der Waals surface area contributed by atoms with E-state index >= 15 is 0 Å². The Balaban J connectivity index is 1.90. The zero-order chi connectivity index (χ0) is 18.4. The van der Waals surface area contributed by atoms with Crippen LogP contribution in [0, 0.1) is 5.92 Å². The van der Waals surface area contributed by atoms with Crippen molar-refractivity contribution < 1.29 is 4.79 Å². The van der Waals surface area contributed by atoms with Crippen LogP contribution < -0.4 is 10.6 Å². The average molecular weight is 363 g/mol. The first kappa shape index (κ1) is 19.6. The molecule has 0 unspecified atom stereocenters. The molecule has 1 heterocycles. The number of guanidine groups is 1. The molecular formula is C19H30N4OS. The zero-order valence-electron chi connectivity index (χ0n) is 15.9. The molecule has 1 aromatic carbocycles. The van der Waals surface area contributed by atoms with E-state index in [2.05, 4.69) is 34.4 Å². The maximum atomic E-state index is 11.7.